The molecule has 0 amide bonds. The van der Waals surface area contributed by atoms with Crippen LogP contribution in [0.5, 0.6) is 5.75 Å². The molecule has 0 aliphatic heterocycles. The Labute approximate surface area is 148 Å². The third-order valence-corrected chi connectivity index (χ3v) is 5.40. The van der Waals surface area contributed by atoms with E-state index in [2.05, 4.69) is 15.9 Å². The van der Waals surface area contributed by atoms with Crippen LogP contribution in [-0.4, -0.2) is 35.0 Å². The van der Waals surface area contributed by atoms with Crippen molar-refractivity contribution in [1.82, 2.24) is 0 Å². The minimum atomic E-state index is -1.75. The number of carboxylic acids is 2. The van der Waals surface area contributed by atoms with E-state index in [1.54, 1.807) is 0 Å². The van der Waals surface area contributed by atoms with E-state index < -0.39 is 35.4 Å². The Morgan fingerprint density at radius 2 is 1.88 bits per heavy atom. The zero-order valence-corrected chi connectivity index (χ0v) is 14.9. The van der Waals surface area contributed by atoms with Crippen LogP contribution in [0.2, 0.25) is 0 Å². The van der Waals surface area contributed by atoms with Crippen molar-refractivity contribution in [2.75, 3.05) is 7.11 Å². The Morgan fingerprint density at radius 1 is 1.25 bits per heavy atom. The highest BCUT2D eigenvalue weighted by molar-refractivity contribution is 9.10. The van der Waals surface area contributed by atoms with Crippen LogP contribution in [0.15, 0.2) is 16.6 Å². The summed E-state index contributed by atoms with van der Waals surface area (Å²) < 4.78 is 19.8. The summed E-state index contributed by atoms with van der Waals surface area (Å²) in [6.45, 7) is 1.15. The Bertz CT molecular complexity index is 846. The van der Waals surface area contributed by atoms with Crippen LogP contribution in [-0.2, 0) is 9.59 Å². The van der Waals surface area contributed by atoms with Gasteiger partial charge in [0.2, 0.25) is 0 Å². The van der Waals surface area contributed by atoms with Crippen molar-refractivity contribution >= 4 is 55.1 Å². The average molecular weight is 419 g/mol. The zero-order valence-electron chi connectivity index (χ0n) is 12.5. The van der Waals surface area contributed by atoms with E-state index in [0.29, 0.717) is 4.70 Å². The normalized spacial score (nSPS) is 13.5. The van der Waals surface area contributed by atoms with Gasteiger partial charge in [-0.25, -0.2) is 4.39 Å². The number of hydrogen-bond donors (Lipinski definition) is 2. The van der Waals surface area contributed by atoms with Crippen molar-refractivity contribution in [3.63, 3.8) is 0 Å². The summed E-state index contributed by atoms with van der Waals surface area (Å²) in [5.74, 6) is -7.37. The summed E-state index contributed by atoms with van der Waals surface area (Å²) in [4.78, 5) is 34.8. The largest absolute Gasteiger partial charge is 0.495 e. The highest BCUT2D eigenvalue weighted by Crippen LogP contribution is 2.39. The number of carboxylic acid groups (broad SMARTS) is 2. The molecule has 24 heavy (non-hydrogen) atoms. The van der Waals surface area contributed by atoms with Gasteiger partial charge in [0.1, 0.15) is 17.5 Å². The number of methoxy groups -OCH3 is 1. The Hall–Kier alpha value is -2.00. The fourth-order valence-electron chi connectivity index (χ4n) is 2.21. The zero-order chi connectivity index (χ0) is 18.2. The molecule has 1 unspecified atom stereocenters. The average Bonchev–Trinajstić information content (AvgIpc) is 2.94. The lowest BCUT2D eigenvalue weighted by atomic mass is 9.89. The van der Waals surface area contributed by atoms with E-state index >= 15 is 0 Å². The van der Waals surface area contributed by atoms with E-state index in [-0.39, 0.29) is 20.5 Å². The monoisotopic (exact) mass is 418 g/mol. The number of carbonyl (C=O) groups excluding carboxylic acids is 1. The summed E-state index contributed by atoms with van der Waals surface area (Å²) in [5, 5.41) is 18.3. The summed E-state index contributed by atoms with van der Waals surface area (Å²) in [6, 6.07) is 2.74. The van der Waals surface area contributed by atoms with Gasteiger partial charge in [-0.15, -0.1) is 11.3 Å². The summed E-state index contributed by atoms with van der Waals surface area (Å²) in [7, 11) is 1.36. The maximum atomic E-state index is 14.3. The van der Waals surface area contributed by atoms with Gasteiger partial charge in [0.25, 0.3) is 0 Å². The van der Waals surface area contributed by atoms with Crippen LogP contribution in [0.25, 0.3) is 10.1 Å². The van der Waals surface area contributed by atoms with Crippen LogP contribution < -0.4 is 4.74 Å². The lowest BCUT2D eigenvalue weighted by Gasteiger charge is -2.14. The number of ketones is 1. The third kappa shape index (κ3) is 3.13. The number of aliphatic carboxylic acids is 2. The van der Waals surface area contributed by atoms with Crippen molar-refractivity contribution in [3.8, 4) is 5.75 Å². The number of Topliss-reactive ketones (excluding diaryl/α,β-unsaturated/α-hetero) is 1. The van der Waals surface area contributed by atoms with E-state index in [1.165, 1.54) is 19.2 Å². The molecule has 1 aromatic heterocycles. The molecule has 9 heteroatoms. The molecule has 2 N–H and O–H groups in total. The van der Waals surface area contributed by atoms with Crippen molar-refractivity contribution in [2.45, 2.75) is 6.92 Å². The maximum absolute atomic E-state index is 14.3. The number of thiophene rings is 1. The molecule has 1 aromatic carbocycles. The molecule has 0 aliphatic rings. The summed E-state index contributed by atoms with van der Waals surface area (Å²) >= 11 is 3.94. The fraction of sp³-hybridized carbons (Fsp3) is 0.267. The first-order valence-electron chi connectivity index (χ1n) is 6.64. The van der Waals surface area contributed by atoms with Gasteiger partial charge in [0.15, 0.2) is 5.78 Å². The first kappa shape index (κ1) is 18.3. The van der Waals surface area contributed by atoms with Gasteiger partial charge < -0.3 is 14.9 Å². The van der Waals surface area contributed by atoms with Crippen LogP contribution >= 0.6 is 27.3 Å². The third-order valence-electron chi connectivity index (χ3n) is 3.57. The molecule has 128 valence electrons. The van der Waals surface area contributed by atoms with Gasteiger partial charge in [0, 0.05) is 10.1 Å². The van der Waals surface area contributed by atoms with Gasteiger partial charge in [-0.1, -0.05) is 6.92 Å². The number of benzene rings is 1. The fourth-order valence-corrected chi connectivity index (χ4v) is 3.77. The molecule has 2 rings (SSSR count). The Morgan fingerprint density at radius 3 is 2.38 bits per heavy atom. The van der Waals surface area contributed by atoms with Crippen molar-refractivity contribution in [3.05, 3.63) is 27.3 Å². The second-order valence-electron chi connectivity index (χ2n) is 5.04. The molecule has 0 radical (unpaired) electrons. The van der Waals surface area contributed by atoms with Gasteiger partial charge in [-0.05, 0) is 28.1 Å². The first-order chi connectivity index (χ1) is 11.2. The SMILES string of the molecule is COc1cc2sc(C(=O)C(C(=O)O)[C@H](C)C(=O)O)cc2c(F)c1Br. The van der Waals surface area contributed by atoms with E-state index in [4.69, 9.17) is 9.84 Å². The molecule has 0 saturated carbocycles. The second kappa shape index (κ2) is 6.86. The van der Waals surface area contributed by atoms with Crippen molar-refractivity contribution < 1.29 is 33.7 Å². The highest BCUT2D eigenvalue weighted by atomic mass is 79.9. The maximum Gasteiger partial charge on any atom is 0.315 e. The van der Waals surface area contributed by atoms with Crippen molar-refractivity contribution in [2.24, 2.45) is 11.8 Å². The van der Waals surface area contributed by atoms with Crippen LogP contribution in [0.3, 0.4) is 0 Å². The molecule has 0 spiro atoms. The summed E-state index contributed by atoms with van der Waals surface area (Å²) in [5.41, 5.74) is 0. The minimum Gasteiger partial charge on any atom is -0.495 e. The molecule has 2 aromatic rings. The quantitative estimate of drug-likeness (QED) is 0.550. The van der Waals surface area contributed by atoms with Gasteiger partial charge in [0.05, 0.1) is 22.4 Å². The van der Waals surface area contributed by atoms with Gasteiger partial charge >= 0.3 is 11.9 Å². The standard InChI is InChI=1S/C15H12BrFO6S/c1-5(14(19)20)10(15(21)22)13(18)9-3-6-8(24-9)4-7(23-2)11(16)12(6)17/h3-5,10H,1-2H3,(H,19,20)(H,21,22)/t5-,10?/m0/s1. The molecular formula is C15H12BrFO6S. The lowest BCUT2D eigenvalue weighted by Crippen LogP contribution is -2.33. The lowest BCUT2D eigenvalue weighted by molar-refractivity contribution is -0.151. The number of halogens is 2. The molecule has 0 bridgehead atoms. The molecule has 1 heterocycles. The number of ether oxygens (including phenoxy) is 1. The first-order valence-corrected chi connectivity index (χ1v) is 8.25. The number of fused-ring (bicyclic) bond motifs is 1. The van der Waals surface area contributed by atoms with Crippen LogP contribution in [0.1, 0.15) is 16.6 Å². The van der Waals surface area contributed by atoms with Crippen LogP contribution in [0, 0.1) is 17.7 Å². The van der Waals surface area contributed by atoms with Crippen molar-refractivity contribution in [1.29, 1.82) is 0 Å². The smallest absolute Gasteiger partial charge is 0.315 e. The predicted octanol–water partition coefficient (Wildman–Crippen LogP) is 3.42. The molecule has 6 nitrogen and oxygen atoms in total. The van der Waals surface area contributed by atoms with E-state index in [9.17, 15) is 23.9 Å². The minimum absolute atomic E-state index is 0.0236. The van der Waals surface area contributed by atoms with Crippen LogP contribution in [0.4, 0.5) is 4.39 Å². The van der Waals surface area contributed by atoms with Gasteiger partial charge in [-0.2, -0.15) is 0 Å². The molecule has 2 atom stereocenters. The number of carbonyl (C=O) groups is 3. The molecule has 0 aliphatic carbocycles. The van der Waals surface area contributed by atoms with E-state index in [0.717, 1.165) is 18.3 Å². The van der Waals surface area contributed by atoms with Gasteiger partial charge in [-0.3, -0.25) is 14.4 Å². The highest BCUT2D eigenvalue weighted by Gasteiger charge is 2.37. The number of rotatable bonds is 6. The molecule has 0 saturated heterocycles. The molecular weight excluding hydrogens is 407 g/mol. The topological polar surface area (TPSA) is 101 Å². The molecule has 0 fully saturated rings. The Kier molecular flexibility index (Phi) is 5.24. The number of hydrogen-bond acceptors (Lipinski definition) is 5. The second-order valence-corrected chi connectivity index (χ2v) is 6.91. The Balaban J connectivity index is 2.55. The van der Waals surface area contributed by atoms with E-state index in [1.807, 2.05) is 0 Å². The summed E-state index contributed by atoms with van der Waals surface area (Å²) in [6.07, 6.45) is 0. The predicted molar refractivity (Wildman–Crippen MR) is 88.3 cm³/mol.